The van der Waals surface area contributed by atoms with Crippen LogP contribution < -0.4 is 21.8 Å². The lowest BCUT2D eigenvalue weighted by atomic mass is 9.86. The first-order chi connectivity index (χ1) is 13.6. The van der Waals surface area contributed by atoms with Gasteiger partial charge in [-0.1, -0.05) is 44.2 Å². The first-order valence-corrected chi connectivity index (χ1v) is 9.57. The fraction of sp³-hybridized carbons (Fsp3) is 0.250. The van der Waals surface area contributed by atoms with Crippen LogP contribution in [-0.2, 0) is 11.8 Å². The van der Waals surface area contributed by atoms with Gasteiger partial charge in [0, 0.05) is 27.6 Å². The Morgan fingerprint density at radius 2 is 1.83 bits per heavy atom. The molecule has 0 aliphatic rings. The van der Waals surface area contributed by atoms with Gasteiger partial charge in [0.2, 0.25) is 0 Å². The molecule has 0 bridgehead atoms. The van der Waals surface area contributed by atoms with Crippen LogP contribution in [0.4, 0.5) is 0 Å². The van der Waals surface area contributed by atoms with Crippen LogP contribution in [0.1, 0.15) is 44.5 Å². The van der Waals surface area contributed by atoms with E-state index in [2.05, 4.69) is 80.1 Å². The number of fused-ring (bicyclic) bond motifs is 1. The van der Waals surface area contributed by atoms with Crippen molar-refractivity contribution in [1.29, 1.82) is 0 Å². The van der Waals surface area contributed by atoms with Gasteiger partial charge in [-0.05, 0) is 44.0 Å². The number of nitrogens with one attached hydrogen (secondary N) is 3. The zero-order chi connectivity index (χ0) is 21.3. The second-order valence-electron chi connectivity index (χ2n) is 8.15. The molecule has 3 aromatic rings. The van der Waals surface area contributed by atoms with Crippen molar-refractivity contribution in [1.82, 2.24) is 15.0 Å². The van der Waals surface area contributed by atoms with Crippen LogP contribution in [0, 0.1) is 0 Å². The highest BCUT2D eigenvalue weighted by Crippen LogP contribution is 2.33. The van der Waals surface area contributed by atoms with Crippen molar-refractivity contribution in [3.63, 3.8) is 0 Å². The summed E-state index contributed by atoms with van der Waals surface area (Å²) in [5.74, 6) is 0. The van der Waals surface area contributed by atoms with Crippen molar-refractivity contribution in [3.8, 4) is 0 Å². The van der Waals surface area contributed by atoms with Crippen LogP contribution in [0.2, 0.25) is 0 Å². The molecule has 3 N–H and O–H groups in total. The van der Waals surface area contributed by atoms with Gasteiger partial charge in [-0.15, -0.1) is 6.58 Å². The molecule has 0 spiro atoms. The van der Waals surface area contributed by atoms with Gasteiger partial charge in [0.05, 0.1) is 5.35 Å². The van der Waals surface area contributed by atoms with E-state index >= 15 is 0 Å². The standard InChI is InChI=1S/C24H27N3O2/c1-7-24(5,6)21-18(13-20-23(29)25-15(4)22(28)27-20)17-12-16(9-8-14(2)3)10-11-19(17)26-21/h7-8,10-13,26H,1,4,9H2,2-3,5-6H3,(H,25,29)(H,27,28)/b20-13-. The fourth-order valence-electron chi connectivity index (χ4n) is 3.23. The predicted molar refractivity (Wildman–Crippen MR) is 121 cm³/mol. The molecule has 2 heterocycles. The third-order valence-electron chi connectivity index (χ3n) is 5.12. The molecule has 3 rings (SSSR count). The maximum absolute atomic E-state index is 12.4. The molecule has 1 aromatic carbocycles. The average Bonchev–Trinajstić information content (AvgIpc) is 3.03. The zero-order valence-corrected chi connectivity index (χ0v) is 17.4. The van der Waals surface area contributed by atoms with Gasteiger partial charge < -0.3 is 15.0 Å². The molecule has 0 saturated heterocycles. The maximum atomic E-state index is 12.4. The summed E-state index contributed by atoms with van der Waals surface area (Å²) in [5.41, 5.74) is 4.04. The number of allylic oxidation sites excluding steroid dienone is 3. The fourth-order valence-corrected chi connectivity index (χ4v) is 3.23. The molecule has 5 nitrogen and oxygen atoms in total. The minimum Gasteiger partial charge on any atom is -0.357 e. The van der Waals surface area contributed by atoms with Crippen molar-refractivity contribution < 1.29 is 0 Å². The number of hydrogen-bond acceptors (Lipinski definition) is 2. The first kappa shape index (κ1) is 20.4. The van der Waals surface area contributed by atoms with Crippen LogP contribution in [0.5, 0.6) is 0 Å². The zero-order valence-electron chi connectivity index (χ0n) is 17.4. The molecule has 0 saturated carbocycles. The highest BCUT2D eigenvalue weighted by molar-refractivity contribution is 5.91. The molecule has 150 valence electrons. The van der Waals surface area contributed by atoms with E-state index in [9.17, 15) is 9.59 Å². The van der Waals surface area contributed by atoms with Crippen molar-refractivity contribution in [2.75, 3.05) is 0 Å². The van der Waals surface area contributed by atoms with Crippen molar-refractivity contribution >= 4 is 23.6 Å². The molecule has 0 fully saturated rings. The summed E-state index contributed by atoms with van der Waals surface area (Å²) in [5, 5.41) is 1.23. The van der Waals surface area contributed by atoms with Crippen molar-refractivity contribution in [3.05, 3.63) is 90.7 Å². The Hall–Kier alpha value is -3.34. The summed E-state index contributed by atoms with van der Waals surface area (Å²) >= 11 is 0. The lowest BCUT2D eigenvalue weighted by Gasteiger charge is -2.19. The minimum atomic E-state index is -0.413. The van der Waals surface area contributed by atoms with Gasteiger partial charge in [0.1, 0.15) is 5.35 Å². The molecule has 0 radical (unpaired) electrons. The first-order valence-electron chi connectivity index (χ1n) is 9.57. The Morgan fingerprint density at radius 1 is 1.10 bits per heavy atom. The largest absolute Gasteiger partial charge is 0.357 e. The average molecular weight is 389 g/mol. The highest BCUT2D eigenvalue weighted by Gasteiger charge is 2.23. The third kappa shape index (κ3) is 4.09. The molecule has 29 heavy (non-hydrogen) atoms. The molecule has 2 aromatic heterocycles. The number of H-pyrrole nitrogens is 3. The third-order valence-corrected chi connectivity index (χ3v) is 5.12. The summed E-state index contributed by atoms with van der Waals surface area (Å²) < 4.78 is 0. The van der Waals surface area contributed by atoms with Gasteiger partial charge in [0.15, 0.2) is 0 Å². The van der Waals surface area contributed by atoms with Gasteiger partial charge in [-0.3, -0.25) is 9.59 Å². The Kier molecular flexibility index (Phi) is 5.33. The minimum absolute atomic E-state index is 0.0433. The van der Waals surface area contributed by atoms with E-state index in [0.717, 1.165) is 28.6 Å². The van der Waals surface area contributed by atoms with Crippen molar-refractivity contribution in [2.24, 2.45) is 0 Å². The summed E-state index contributed by atoms with van der Waals surface area (Å²) in [6.45, 7) is 15.8. The summed E-state index contributed by atoms with van der Waals surface area (Å²) in [6, 6.07) is 6.27. The Balaban J connectivity index is 2.36. The van der Waals surface area contributed by atoms with E-state index in [1.165, 1.54) is 11.1 Å². The van der Waals surface area contributed by atoms with Crippen LogP contribution in [-0.4, -0.2) is 15.0 Å². The smallest absolute Gasteiger partial charge is 0.272 e. The van der Waals surface area contributed by atoms with E-state index in [1.807, 2.05) is 6.08 Å². The number of benzene rings is 1. The van der Waals surface area contributed by atoms with E-state index in [0.29, 0.717) is 0 Å². The maximum Gasteiger partial charge on any atom is 0.272 e. The Morgan fingerprint density at radius 3 is 2.48 bits per heavy atom. The van der Waals surface area contributed by atoms with Gasteiger partial charge in [-0.25, -0.2) is 0 Å². The lowest BCUT2D eigenvalue weighted by Crippen LogP contribution is -2.46. The lowest BCUT2D eigenvalue weighted by molar-refractivity contribution is 0.651. The topological polar surface area (TPSA) is 81.5 Å². The van der Waals surface area contributed by atoms with E-state index in [-0.39, 0.29) is 21.7 Å². The van der Waals surface area contributed by atoms with E-state index in [4.69, 9.17) is 0 Å². The summed E-state index contributed by atoms with van der Waals surface area (Å²) in [4.78, 5) is 33.0. The second kappa shape index (κ2) is 7.59. The summed E-state index contributed by atoms with van der Waals surface area (Å²) in [7, 11) is 0. The van der Waals surface area contributed by atoms with Crippen LogP contribution in [0.25, 0.3) is 23.6 Å². The molecular formula is C24H27N3O2. The molecule has 0 aliphatic carbocycles. The van der Waals surface area contributed by atoms with Crippen molar-refractivity contribution in [2.45, 2.75) is 39.5 Å². The molecule has 0 aliphatic heterocycles. The highest BCUT2D eigenvalue weighted by atomic mass is 16.1. The summed E-state index contributed by atoms with van der Waals surface area (Å²) in [6.07, 6.45) is 6.60. The Labute approximate surface area is 169 Å². The predicted octanol–water partition coefficient (Wildman–Crippen LogP) is 2.76. The van der Waals surface area contributed by atoms with Crippen LogP contribution in [0.3, 0.4) is 0 Å². The van der Waals surface area contributed by atoms with Crippen LogP contribution in [0.15, 0.2) is 52.1 Å². The number of aromatic amines is 3. The number of rotatable bonds is 5. The number of aromatic nitrogens is 3. The monoisotopic (exact) mass is 389 g/mol. The molecular weight excluding hydrogens is 362 g/mol. The van der Waals surface area contributed by atoms with Gasteiger partial charge in [0.25, 0.3) is 11.1 Å². The normalized spacial score (nSPS) is 12.3. The molecule has 0 amide bonds. The number of hydrogen-bond donors (Lipinski definition) is 3. The second-order valence-corrected chi connectivity index (χ2v) is 8.15. The van der Waals surface area contributed by atoms with Gasteiger partial charge in [-0.2, -0.15) is 0 Å². The van der Waals surface area contributed by atoms with E-state index < -0.39 is 5.56 Å². The molecule has 5 heteroatoms. The molecule has 0 atom stereocenters. The molecule has 0 unspecified atom stereocenters. The SMILES string of the molecule is C=CC(C)(C)c1[nH]c2ccc(CC=C(C)C)cc2c1/C=c1\[nH]c(=O)c(=C)[nH]c1=O. The Bertz CT molecular complexity index is 1340. The quantitative estimate of drug-likeness (QED) is 0.587. The van der Waals surface area contributed by atoms with Gasteiger partial charge >= 0.3 is 0 Å². The van der Waals surface area contributed by atoms with Crippen LogP contribution >= 0.6 is 0 Å². The van der Waals surface area contributed by atoms with E-state index in [1.54, 1.807) is 6.08 Å².